The molecule has 3 aromatic rings. The lowest BCUT2D eigenvalue weighted by molar-refractivity contribution is -0.138. The number of carbonyl (C=O) groups is 2. The molecule has 180 valence electrons. The van der Waals surface area contributed by atoms with E-state index in [4.69, 9.17) is 5.73 Å². The summed E-state index contributed by atoms with van der Waals surface area (Å²) >= 11 is 0. The fourth-order valence-corrected chi connectivity index (χ4v) is 3.71. The summed E-state index contributed by atoms with van der Waals surface area (Å²) in [7, 11) is 0. The summed E-state index contributed by atoms with van der Waals surface area (Å²) in [5.74, 6) is -1.21. The number of rotatable bonds is 4. The first-order valence-corrected chi connectivity index (χ1v) is 9.79. The number of hydrogen-bond donors (Lipinski definition) is 2. The third-order valence-corrected chi connectivity index (χ3v) is 5.29. The monoisotopic (exact) mass is 496 g/mol. The molecule has 13 heteroatoms. The van der Waals surface area contributed by atoms with Gasteiger partial charge in [0.05, 0.1) is 29.1 Å². The number of nitrogens with two attached hydrogens (primary N) is 1. The Balaban J connectivity index is 0.00000324. The van der Waals surface area contributed by atoms with Crippen molar-refractivity contribution in [3.05, 3.63) is 65.1 Å². The highest BCUT2D eigenvalue weighted by molar-refractivity contribution is 7.59. The maximum atomic E-state index is 13.3. The minimum atomic E-state index is -4.72. The predicted molar refractivity (Wildman–Crippen MR) is 122 cm³/mol. The summed E-state index contributed by atoms with van der Waals surface area (Å²) in [5.41, 5.74) is 4.40. The Kier molecular flexibility index (Phi) is 6.87. The molecule has 34 heavy (non-hydrogen) atoms. The molecule has 4 rings (SSSR count). The Bertz CT molecular complexity index is 1250. The second-order valence-electron chi connectivity index (χ2n) is 7.48. The number of nitrogens with one attached hydrogen (secondary N) is 1. The van der Waals surface area contributed by atoms with Crippen LogP contribution in [0.25, 0.3) is 0 Å². The average Bonchev–Trinajstić information content (AvgIpc) is 3.19. The number of anilines is 3. The van der Waals surface area contributed by atoms with Gasteiger partial charge in [-0.25, -0.2) is 9.37 Å². The molecule has 1 atom stereocenters. The summed E-state index contributed by atoms with van der Waals surface area (Å²) in [6, 6.07) is 5.50. The van der Waals surface area contributed by atoms with Gasteiger partial charge < -0.3 is 16.0 Å². The zero-order valence-corrected chi connectivity index (χ0v) is 18.7. The molecular formula is C21H20F4N6O2S. The van der Waals surface area contributed by atoms with Gasteiger partial charge in [0.15, 0.2) is 5.69 Å². The predicted octanol–water partition coefficient (Wildman–Crippen LogP) is 3.94. The summed E-state index contributed by atoms with van der Waals surface area (Å²) in [4.78, 5) is 31.0. The van der Waals surface area contributed by atoms with Crippen molar-refractivity contribution in [1.82, 2.24) is 14.8 Å². The lowest BCUT2D eigenvalue weighted by atomic mass is 10.0. The van der Waals surface area contributed by atoms with Gasteiger partial charge in [-0.2, -0.15) is 31.8 Å². The molecule has 0 saturated carbocycles. The van der Waals surface area contributed by atoms with E-state index in [9.17, 15) is 27.2 Å². The number of nitrogen functional groups attached to an aromatic ring is 1. The second-order valence-corrected chi connectivity index (χ2v) is 7.48. The van der Waals surface area contributed by atoms with Gasteiger partial charge in [-0.15, -0.1) is 0 Å². The highest BCUT2D eigenvalue weighted by atomic mass is 32.1. The number of halogens is 4. The topological polar surface area (TPSA) is 106 Å². The number of fused-ring (bicyclic) bond motifs is 1. The second kappa shape index (κ2) is 9.33. The van der Waals surface area contributed by atoms with Crippen molar-refractivity contribution in [3.63, 3.8) is 0 Å². The third-order valence-electron chi connectivity index (χ3n) is 5.29. The van der Waals surface area contributed by atoms with Crippen molar-refractivity contribution in [2.24, 2.45) is 0 Å². The SMILES string of the molecule is C[C@H]1CN(c2ccc(C(F)(F)F)c(CF)c2)C(=O)c2c(NC(=O)c3cccnc3N)cnn21.S. The maximum absolute atomic E-state index is 13.3. The Hall–Kier alpha value is -3.61. The van der Waals surface area contributed by atoms with E-state index in [1.807, 2.05) is 0 Å². The van der Waals surface area contributed by atoms with Gasteiger partial charge >= 0.3 is 6.18 Å². The van der Waals surface area contributed by atoms with Crippen LogP contribution in [-0.4, -0.2) is 33.1 Å². The Morgan fingerprint density at radius 2 is 2.03 bits per heavy atom. The van der Waals surface area contributed by atoms with Gasteiger partial charge in [0.1, 0.15) is 12.5 Å². The van der Waals surface area contributed by atoms with Gasteiger partial charge in [-0.3, -0.25) is 14.3 Å². The average molecular weight is 496 g/mol. The van der Waals surface area contributed by atoms with E-state index in [0.29, 0.717) is 0 Å². The van der Waals surface area contributed by atoms with E-state index in [1.54, 1.807) is 6.92 Å². The van der Waals surface area contributed by atoms with E-state index in [1.165, 1.54) is 34.1 Å². The first-order chi connectivity index (χ1) is 15.6. The third kappa shape index (κ3) is 4.42. The largest absolute Gasteiger partial charge is 0.416 e. The Morgan fingerprint density at radius 3 is 2.68 bits per heavy atom. The minimum absolute atomic E-state index is 0. The van der Waals surface area contributed by atoms with Gasteiger partial charge in [-0.05, 0) is 42.8 Å². The Labute approximate surface area is 198 Å². The van der Waals surface area contributed by atoms with E-state index in [2.05, 4.69) is 15.4 Å². The van der Waals surface area contributed by atoms with Crippen LogP contribution in [0.3, 0.4) is 0 Å². The van der Waals surface area contributed by atoms with Crippen LogP contribution in [0.2, 0.25) is 0 Å². The van der Waals surface area contributed by atoms with Crippen molar-refractivity contribution in [2.45, 2.75) is 25.8 Å². The molecule has 0 radical (unpaired) electrons. The lowest BCUT2D eigenvalue weighted by Gasteiger charge is -2.32. The summed E-state index contributed by atoms with van der Waals surface area (Å²) in [6.07, 6.45) is -1.99. The fraction of sp³-hybridized carbons (Fsp3) is 0.238. The summed E-state index contributed by atoms with van der Waals surface area (Å²) in [6.45, 7) is 0.500. The van der Waals surface area contributed by atoms with Gasteiger partial charge in [0.2, 0.25) is 0 Å². The van der Waals surface area contributed by atoms with Crippen LogP contribution in [-0.2, 0) is 12.9 Å². The molecule has 0 aliphatic carbocycles. The molecule has 0 spiro atoms. The van der Waals surface area contributed by atoms with Gasteiger partial charge in [0, 0.05) is 18.4 Å². The highest BCUT2D eigenvalue weighted by Crippen LogP contribution is 2.36. The van der Waals surface area contributed by atoms with Gasteiger partial charge in [-0.1, -0.05) is 0 Å². The maximum Gasteiger partial charge on any atom is 0.416 e. The molecule has 0 saturated heterocycles. The molecule has 8 nitrogen and oxygen atoms in total. The van der Waals surface area contributed by atoms with Crippen molar-refractivity contribution < 1.29 is 27.2 Å². The van der Waals surface area contributed by atoms with Crippen LogP contribution in [0.15, 0.2) is 42.7 Å². The van der Waals surface area contributed by atoms with E-state index in [0.717, 1.165) is 18.2 Å². The molecule has 2 amide bonds. The van der Waals surface area contributed by atoms with E-state index < -0.39 is 35.8 Å². The minimum Gasteiger partial charge on any atom is -0.383 e. The van der Waals surface area contributed by atoms with E-state index in [-0.39, 0.29) is 54.5 Å². The zero-order chi connectivity index (χ0) is 23.9. The molecule has 3 N–H and O–H groups in total. The first-order valence-electron chi connectivity index (χ1n) is 9.79. The molecule has 0 fully saturated rings. The van der Waals surface area contributed by atoms with Gasteiger partial charge in [0.25, 0.3) is 11.8 Å². The van der Waals surface area contributed by atoms with Crippen molar-refractivity contribution >= 4 is 42.5 Å². The molecule has 1 aliphatic rings. The standard InChI is InChI=1S/C21H18F4N6O2.H2S/c1-11-10-30(13-4-5-15(21(23,24)25)12(7-13)8-22)20(33)17-16(9-28-31(11)17)29-19(32)14-3-2-6-27-18(14)26;/h2-7,9,11H,8,10H2,1H3,(H2,26,27)(H,29,32);1H2/t11-;/m0./s1. The smallest absolute Gasteiger partial charge is 0.383 e. The number of amides is 2. The number of pyridine rings is 1. The van der Waals surface area contributed by atoms with Crippen molar-refractivity contribution in [3.8, 4) is 0 Å². The summed E-state index contributed by atoms with van der Waals surface area (Å²) in [5, 5.41) is 6.75. The molecule has 1 aliphatic heterocycles. The van der Waals surface area contributed by atoms with Crippen molar-refractivity contribution in [1.29, 1.82) is 0 Å². The highest BCUT2D eigenvalue weighted by Gasteiger charge is 2.37. The van der Waals surface area contributed by atoms with Crippen LogP contribution >= 0.6 is 13.5 Å². The number of aromatic nitrogens is 3. The Morgan fingerprint density at radius 1 is 1.29 bits per heavy atom. The quantitative estimate of drug-likeness (QED) is 0.533. The number of alkyl halides is 4. The molecule has 0 unspecified atom stereocenters. The molecular weight excluding hydrogens is 476 g/mol. The number of carbonyl (C=O) groups excluding carboxylic acids is 2. The zero-order valence-electron chi connectivity index (χ0n) is 17.7. The normalized spacial score (nSPS) is 15.5. The van der Waals surface area contributed by atoms with Crippen LogP contribution in [0.5, 0.6) is 0 Å². The lowest BCUT2D eigenvalue weighted by Crippen LogP contribution is -2.43. The summed E-state index contributed by atoms with van der Waals surface area (Å²) < 4.78 is 54.2. The van der Waals surface area contributed by atoms with Crippen molar-refractivity contribution in [2.75, 3.05) is 22.5 Å². The van der Waals surface area contributed by atoms with Crippen LogP contribution in [0.4, 0.5) is 34.8 Å². The van der Waals surface area contributed by atoms with Crippen LogP contribution < -0.4 is 16.0 Å². The molecule has 3 heterocycles. The molecule has 2 aromatic heterocycles. The first kappa shape index (κ1) is 25.0. The van der Waals surface area contributed by atoms with E-state index >= 15 is 0 Å². The molecule has 0 bridgehead atoms. The number of hydrogen-bond acceptors (Lipinski definition) is 5. The number of nitrogens with zero attached hydrogens (tertiary/aromatic N) is 4. The fourth-order valence-electron chi connectivity index (χ4n) is 3.71. The molecule has 1 aromatic carbocycles. The number of benzene rings is 1. The van der Waals surface area contributed by atoms with Crippen LogP contribution in [0, 0.1) is 0 Å². The van der Waals surface area contributed by atoms with Crippen LogP contribution in [0.1, 0.15) is 44.9 Å².